The number of hydrogen-bond donors (Lipinski definition) is 0. The van der Waals surface area contributed by atoms with Crippen molar-refractivity contribution in [1.29, 1.82) is 0 Å². The number of benzene rings is 2. The highest BCUT2D eigenvalue weighted by Crippen LogP contribution is 2.41. The quantitative estimate of drug-likeness (QED) is 0.604. The number of nitrogens with zero attached hydrogens (tertiary/aromatic N) is 3. The SMILES string of the molecule is CC1CCN(C(=O)Cn2c(=O)cnc3ccccc32)c2cc(C(F)(F)F)ccc2S1. The Morgan fingerprint density at radius 1 is 1.23 bits per heavy atom. The number of anilines is 1. The molecule has 0 aliphatic carbocycles. The Hall–Kier alpha value is -2.81. The minimum Gasteiger partial charge on any atom is -0.310 e. The number of fused-ring (bicyclic) bond motifs is 2. The van der Waals surface area contributed by atoms with Crippen molar-refractivity contribution < 1.29 is 18.0 Å². The lowest BCUT2D eigenvalue weighted by atomic mass is 10.1. The average molecular weight is 433 g/mol. The summed E-state index contributed by atoms with van der Waals surface area (Å²) in [5.74, 6) is -0.441. The van der Waals surface area contributed by atoms with Crippen molar-refractivity contribution in [2.24, 2.45) is 0 Å². The van der Waals surface area contributed by atoms with Crippen LogP contribution in [0.5, 0.6) is 0 Å². The Labute approximate surface area is 174 Å². The van der Waals surface area contributed by atoms with Crippen molar-refractivity contribution >= 4 is 34.4 Å². The molecule has 0 fully saturated rings. The molecule has 0 N–H and O–H groups in total. The van der Waals surface area contributed by atoms with Crippen LogP contribution in [0.4, 0.5) is 18.9 Å². The van der Waals surface area contributed by atoms with E-state index in [2.05, 4.69) is 4.98 Å². The highest BCUT2D eigenvalue weighted by atomic mass is 32.2. The minimum absolute atomic E-state index is 0.141. The van der Waals surface area contributed by atoms with Crippen LogP contribution in [0, 0.1) is 0 Å². The lowest BCUT2D eigenvalue weighted by Gasteiger charge is -2.24. The summed E-state index contributed by atoms with van der Waals surface area (Å²) in [6.45, 7) is 1.97. The van der Waals surface area contributed by atoms with Crippen LogP contribution in [0.2, 0.25) is 0 Å². The van der Waals surface area contributed by atoms with Crippen molar-refractivity contribution in [2.45, 2.75) is 36.2 Å². The molecule has 1 aliphatic heterocycles. The molecule has 3 aromatic rings. The van der Waals surface area contributed by atoms with E-state index in [1.54, 1.807) is 24.3 Å². The zero-order valence-electron chi connectivity index (χ0n) is 16.0. The second-order valence-electron chi connectivity index (χ2n) is 7.11. The summed E-state index contributed by atoms with van der Waals surface area (Å²) >= 11 is 1.45. The van der Waals surface area contributed by atoms with Crippen LogP contribution in [-0.2, 0) is 17.5 Å². The molecule has 4 rings (SSSR count). The van der Waals surface area contributed by atoms with Gasteiger partial charge in [-0.05, 0) is 36.8 Å². The molecule has 0 spiro atoms. The number of hydrogen-bond acceptors (Lipinski definition) is 4. The van der Waals surface area contributed by atoms with Gasteiger partial charge in [0.25, 0.3) is 5.56 Å². The van der Waals surface area contributed by atoms with E-state index in [0.717, 1.165) is 18.3 Å². The van der Waals surface area contributed by atoms with Gasteiger partial charge in [0.15, 0.2) is 0 Å². The topological polar surface area (TPSA) is 55.2 Å². The summed E-state index contributed by atoms with van der Waals surface area (Å²) in [6, 6.07) is 10.4. The summed E-state index contributed by atoms with van der Waals surface area (Å²) < 4.78 is 41.1. The first-order valence-electron chi connectivity index (χ1n) is 9.37. The number of halogens is 3. The number of carbonyl (C=O) groups excluding carboxylic acids is 1. The highest BCUT2D eigenvalue weighted by molar-refractivity contribution is 8.00. The number of alkyl halides is 3. The lowest BCUT2D eigenvalue weighted by Crippen LogP contribution is -2.37. The van der Waals surface area contributed by atoms with Gasteiger partial charge >= 0.3 is 6.18 Å². The van der Waals surface area contributed by atoms with E-state index in [0.29, 0.717) is 22.3 Å². The summed E-state index contributed by atoms with van der Waals surface area (Å²) in [4.78, 5) is 31.6. The molecule has 9 heteroatoms. The Kier molecular flexibility index (Phi) is 5.31. The van der Waals surface area contributed by atoms with E-state index >= 15 is 0 Å². The van der Waals surface area contributed by atoms with Crippen molar-refractivity contribution in [3.63, 3.8) is 0 Å². The lowest BCUT2D eigenvalue weighted by molar-refractivity contribution is -0.137. The maximum atomic E-state index is 13.3. The van der Waals surface area contributed by atoms with Gasteiger partial charge in [-0.3, -0.25) is 14.2 Å². The van der Waals surface area contributed by atoms with E-state index in [-0.39, 0.29) is 24.0 Å². The van der Waals surface area contributed by atoms with Gasteiger partial charge in [0.05, 0.1) is 28.5 Å². The number of para-hydroxylation sites is 2. The number of carbonyl (C=O) groups is 1. The van der Waals surface area contributed by atoms with Gasteiger partial charge in [0, 0.05) is 16.7 Å². The van der Waals surface area contributed by atoms with Gasteiger partial charge in [-0.2, -0.15) is 13.2 Å². The number of thioether (sulfide) groups is 1. The van der Waals surface area contributed by atoms with Gasteiger partial charge in [-0.1, -0.05) is 19.1 Å². The van der Waals surface area contributed by atoms with Crippen molar-refractivity contribution in [2.75, 3.05) is 11.4 Å². The number of aromatic nitrogens is 2. The summed E-state index contributed by atoms with van der Waals surface area (Å²) in [5.41, 5.74) is 0.0464. The Morgan fingerprint density at radius 3 is 2.77 bits per heavy atom. The van der Waals surface area contributed by atoms with Crippen LogP contribution >= 0.6 is 11.8 Å². The maximum Gasteiger partial charge on any atom is 0.416 e. The smallest absolute Gasteiger partial charge is 0.310 e. The zero-order valence-corrected chi connectivity index (χ0v) is 16.8. The molecule has 2 heterocycles. The van der Waals surface area contributed by atoms with Gasteiger partial charge in [0.1, 0.15) is 6.54 Å². The third kappa shape index (κ3) is 3.94. The molecular weight excluding hydrogens is 415 g/mol. The first-order valence-corrected chi connectivity index (χ1v) is 10.2. The fourth-order valence-corrected chi connectivity index (χ4v) is 4.56. The third-order valence-electron chi connectivity index (χ3n) is 5.01. The fourth-order valence-electron chi connectivity index (χ4n) is 3.47. The molecule has 0 bridgehead atoms. The van der Waals surface area contributed by atoms with Crippen LogP contribution in [-0.4, -0.2) is 27.3 Å². The Balaban J connectivity index is 1.75. The van der Waals surface area contributed by atoms with Crippen LogP contribution in [0.1, 0.15) is 18.9 Å². The van der Waals surface area contributed by atoms with Crippen molar-refractivity contribution in [3.8, 4) is 0 Å². The van der Waals surface area contributed by atoms with Crippen LogP contribution < -0.4 is 10.5 Å². The first kappa shape index (κ1) is 20.5. The second kappa shape index (κ2) is 7.79. The summed E-state index contributed by atoms with van der Waals surface area (Å²) in [5, 5.41) is 0.141. The normalized spacial score (nSPS) is 16.9. The van der Waals surface area contributed by atoms with Crippen LogP contribution in [0.15, 0.2) is 58.4 Å². The molecule has 5 nitrogen and oxygen atoms in total. The maximum absolute atomic E-state index is 13.3. The molecular formula is C21H18F3N3O2S. The zero-order chi connectivity index (χ0) is 21.5. The number of rotatable bonds is 2. The molecule has 1 unspecified atom stereocenters. The molecule has 30 heavy (non-hydrogen) atoms. The third-order valence-corrected chi connectivity index (χ3v) is 6.25. The van der Waals surface area contributed by atoms with E-state index in [4.69, 9.17) is 0 Å². The Morgan fingerprint density at radius 2 is 2.00 bits per heavy atom. The standard InChI is InChI=1S/C21H18F3N3O2S/c1-13-8-9-26(17-10-14(21(22,23)24)6-7-18(17)30-13)20(29)12-27-16-5-3-2-4-15(16)25-11-19(27)28/h2-7,10-11,13H,8-9,12H2,1H3. The molecule has 1 amide bonds. The molecule has 0 saturated carbocycles. The molecule has 1 aromatic heterocycles. The molecule has 0 saturated heterocycles. The molecule has 1 atom stereocenters. The van der Waals surface area contributed by atoms with E-state index in [1.165, 1.54) is 27.3 Å². The Bertz CT molecular complexity index is 1180. The van der Waals surface area contributed by atoms with Gasteiger partial charge < -0.3 is 4.90 Å². The highest BCUT2D eigenvalue weighted by Gasteiger charge is 2.33. The average Bonchev–Trinajstić information content (AvgIpc) is 2.87. The summed E-state index contributed by atoms with van der Waals surface area (Å²) in [6.07, 6.45) is -2.74. The summed E-state index contributed by atoms with van der Waals surface area (Å²) in [7, 11) is 0. The van der Waals surface area contributed by atoms with Gasteiger partial charge in [-0.15, -0.1) is 11.8 Å². The van der Waals surface area contributed by atoms with Crippen LogP contribution in [0.25, 0.3) is 11.0 Å². The van der Waals surface area contributed by atoms with Crippen molar-refractivity contribution in [1.82, 2.24) is 9.55 Å². The predicted molar refractivity (Wildman–Crippen MR) is 110 cm³/mol. The second-order valence-corrected chi connectivity index (χ2v) is 8.59. The molecule has 156 valence electrons. The first-order chi connectivity index (χ1) is 14.2. The van der Waals surface area contributed by atoms with Crippen molar-refractivity contribution in [3.05, 3.63) is 64.6 Å². The van der Waals surface area contributed by atoms with E-state index < -0.39 is 23.2 Å². The molecule has 2 aromatic carbocycles. The van der Waals surface area contributed by atoms with Crippen LogP contribution in [0.3, 0.4) is 0 Å². The van der Waals surface area contributed by atoms with E-state index in [9.17, 15) is 22.8 Å². The number of amides is 1. The van der Waals surface area contributed by atoms with E-state index in [1.807, 2.05) is 6.92 Å². The largest absolute Gasteiger partial charge is 0.416 e. The molecule has 0 radical (unpaired) electrons. The van der Waals surface area contributed by atoms with Gasteiger partial charge in [0.2, 0.25) is 5.91 Å². The minimum atomic E-state index is -4.51. The van der Waals surface area contributed by atoms with Gasteiger partial charge in [-0.25, -0.2) is 4.98 Å². The molecule has 1 aliphatic rings. The monoisotopic (exact) mass is 433 g/mol. The predicted octanol–water partition coefficient (Wildman–Crippen LogP) is 4.33. The fraction of sp³-hybridized carbons (Fsp3) is 0.286.